The van der Waals surface area contributed by atoms with Gasteiger partial charge < -0.3 is 34.0 Å². The summed E-state index contributed by atoms with van der Waals surface area (Å²) in [6, 6.07) is 0. The molecule has 0 N–H and O–H groups in total. The third kappa shape index (κ3) is 15.5. The Bertz CT molecular complexity index is 168. The minimum absolute atomic E-state index is 0. The van der Waals surface area contributed by atoms with Crippen LogP contribution in [0.5, 0.6) is 0 Å². The molecule has 0 aromatic carbocycles. The van der Waals surface area contributed by atoms with E-state index in [1.807, 2.05) is 31.2 Å². The molecule has 76 valence electrons. The third-order valence-corrected chi connectivity index (χ3v) is 1.17. The van der Waals surface area contributed by atoms with Crippen molar-refractivity contribution >= 4 is 6.88 Å². The minimum atomic E-state index is 0. The van der Waals surface area contributed by atoms with E-state index >= 15 is 0 Å². The third-order valence-electron chi connectivity index (χ3n) is 1.17. The van der Waals surface area contributed by atoms with Gasteiger partial charge in [-0.15, -0.1) is 12.8 Å². The molecular formula is C10H12Br2SiZr-2. The molecular weight excluding hydrogens is 399 g/mol. The van der Waals surface area contributed by atoms with E-state index in [1.165, 1.54) is 0 Å². The number of allylic oxidation sites excluding steroid dienone is 8. The molecule has 0 nitrogen and oxygen atoms in total. The second kappa shape index (κ2) is 19.6. The Labute approximate surface area is 124 Å². The molecule has 4 heteroatoms. The van der Waals surface area contributed by atoms with Crippen LogP contribution in [0.3, 0.4) is 0 Å². The van der Waals surface area contributed by atoms with Gasteiger partial charge in [0.2, 0.25) is 0 Å². The van der Waals surface area contributed by atoms with E-state index in [0.717, 1.165) is 12.8 Å². The molecule has 0 saturated carbocycles. The van der Waals surface area contributed by atoms with Gasteiger partial charge in [-0.25, -0.2) is 24.3 Å². The van der Waals surface area contributed by atoms with Crippen molar-refractivity contribution in [3.05, 3.63) is 48.6 Å². The van der Waals surface area contributed by atoms with E-state index in [9.17, 15) is 0 Å². The van der Waals surface area contributed by atoms with Gasteiger partial charge in [-0.3, -0.25) is 12.2 Å². The number of rotatable bonds is 0. The SMILES string of the molecule is [Br-].[Br-].[C-]1=CC=CC1.[C-]1=CC=CC1.[SiH2]=[Zr+2]. The fraction of sp³-hybridized carbons (Fsp3) is 0.200. The summed E-state index contributed by atoms with van der Waals surface area (Å²) < 4.78 is 0. The summed E-state index contributed by atoms with van der Waals surface area (Å²) >= 11 is 1.58. The van der Waals surface area contributed by atoms with Crippen LogP contribution in [-0.4, -0.2) is 6.88 Å². The van der Waals surface area contributed by atoms with Crippen molar-refractivity contribution < 1.29 is 57.3 Å². The molecule has 0 aliphatic heterocycles. The van der Waals surface area contributed by atoms with E-state index in [1.54, 1.807) is 23.3 Å². The molecule has 0 spiro atoms. The van der Waals surface area contributed by atoms with E-state index in [4.69, 9.17) is 0 Å². The second-order valence-electron chi connectivity index (χ2n) is 2.01. The van der Waals surface area contributed by atoms with Crippen LogP contribution in [0.4, 0.5) is 0 Å². The van der Waals surface area contributed by atoms with Crippen LogP contribution in [0.25, 0.3) is 0 Å². The van der Waals surface area contributed by atoms with E-state index in [2.05, 4.69) is 24.3 Å². The summed E-state index contributed by atoms with van der Waals surface area (Å²) in [7, 11) is 0. The molecule has 2 aliphatic rings. The van der Waals surface area contributed by atoms with Crippen LogP contribution in [0.1, 0.15) is 12.8 Å². The van der Waals surface area contributed by atoms with Crippen molar-refractivity contribution in [2.45, 2.75) is 12.8 Å². The fourth-order valence-corrected chi connectivity index (χ4v) is 0.680. The Morgan fingerprint density at radius 1 is 0.857 bits per heavy atom. The summed E-state index contributed by atoms with van der Waals surface area (Å²) in [5.41, 5.74) is 0. The number of halogens is 2. The van der Waals surface area contributed by atoms with Crippen molar-refractivity contribution in [3.63, 3.8) is 0 Å². The first-order valence-electron chi connectivity index (χ1n) is 3.79. The monoisotopic (exact) mass is 408 g/mol. The zero-order valence-corrected chi connectivity index (χ0v) is 14.9. The molecule has 2 aliphatic carbocycles. The Kier molecular flexibility index (Phi) is 28.6. The summed E-state index contributed by atoms with van der Waals surface area (Å²) in [5.74, 6) is 0. The van der Waals surface area contributed by atoms with Crippen LogP contribution < -0.4 is 34.0 Å². The van der Waals surface area contributed by atoms with Crippen LogP contribution in [0, 0.1) is 12.2 Å². The average molecular weight is 411 g/mol. The first-order valence-corrected chi connectivity index (χ1v) is 9.71. The average Bonchev–Trinajstić information content (AvgIpc) is 2.87. The summed E-state index contributed by atoms with van der Waals surface area (Å²) in [6.45, 7) is 1.95. The van der Waals surface area contributed by atoms with Gasteiger partial charge in [-0.2, -0.15) is 12.2 Å². The van der Waals surface area contributed by atoms with E-state index in [-0.39, 0.29) is 34.0 Å². The fourth-order valence-electron chi connectivity index (χ4n) is 0.680. The predicted molar refractivity (Wildman–Crippen MR) is 51.7 cm³/mol. The summed E-state index contributed by atoms with van der Waals surface area (Å²) in [5, 5.41) is 0. The van der Waals surface area contributed by atoms with Crippen LogP contribution in [-0.2, 0) is 23.3 Å². The molecule has 0 heterocycles. The number of hydrogen-bond acceptors (Lipinski definition) is 0. The normalized spacial score (nSPS) is 13.0. The summed E-state index contributed by atoms with van der Waals surface area (Å²) in [4.78, 5) is 0. The topological polar surface area (TPSA) is 0 Å². The van der Waals surface area contributed by atoms with Crippen LogP contribution >= 0.6 is 0 Å². The van der Waals surface area contributed by atoms with Crippen molar-refractivity contribution in [1.82, 2.24) is 0 Å². The molecule has 0 atom stereocenters. The van der Waals surface area contributed by atoms with Crippen molar-refractivity contribution in [1.29, 1.82) is 0 Å². The number of hydrogen-bond donors (Lipinski definition) is 0. The molecule has 0 aromatic rings. The molecule has 0 amide bonds. The molecule has 0 unspecified atom stereocenters. The Morgan fingerprint density at radius 3 is 1.29 bits per heavy atom. The van der Waals surface area contributed by atoms with E-state index < -0.39 is 0 Å². The van der Waals surface area contributed by atoms with Crippen molar-refractivity contribution in [2.75, 3.05) is 0 Å². The Hall–Kier alpha value is 1.02. The zero-order valence-electron chi connectivity index (χ0n) is 7.84. The van der Waals surface area contributed by atoms with Gasteiger partial charge in [0.1, 0.15) is 0 Å². The second-order valence-corrected chi connectivity index (χ2v) is 2.01. The van der Waals surface area contributed by atoms with Crippen LogP contribution in [0.2, 0.25) is 0 Å². The first-order chi connectivity index (χ1) is 6.00. The standard InChI is InChI=1S/2C5H5.2BrH.H2Si.Zr/c2*1-2-4-5-3-1;;;;/h2*1-3H,4H2;2*1H;1H2;/q2*-1;;;;+2/p-2. The predicted octanol–water partition coefficient (Wildman–Crippen LogP) is -4.30. The Balaban J connectivity index is -0.000000131. The molecule has 0 fully saturated rings. The van der Waals surface area contributed by atoms with Gasteiger partial charge in [0.25, 0.3) is 0 Å². The van der Waals surface area contributed by atoms with Gasteiger partial charge in [0.05, 0.1) is 0 Å². The van der Waals surface area contributed by atoms with Crippen LogP contribution in [0.15, 0.2) is 36.5 Å². The molecule has 0 aromatic heterocycles. The van der Waals surface area contributed by atoms with Crippen molar-refractivity contribution in [3.8, 4) is 0 Å². The van der Waals surface area contributed by atoms with Gasteiger partial charge in [0.15, 0.2) is 0 Å². The van der Waals surface area contributed by atoms with E-state index in [0.29, 0.717) is 0 Å². The quantitative estimate of drug-likeness (QED) is 0.280. The zero-order chi connectivity index (χ0) is 9.07. The molecule has 2 rings (SSSR count). The van der Waals surface area contributed by atoms with Crippen molar-refractivity contribution in [2.24, 2.45) is 0 Å². The van der Waals surface area contributed by atoms with Gasteiger partial charge in [-0.1, -0.05) is 0 Å². The molecule has 0 bridgehead atoms. The molecule has 14 heavy (non-hydrogen) atoms. The molecule has 0 radical (unpaired) electrons. The maximum atomic E-state index is 2.99. The van der Waals surface area contributed by atoms with Gasteiger partial charge >= 0.3 is 30.2 Å². The first kappa shape index (κ1) is 20.4. The Morgan fingerprint density at radius 2 is 1.21 bits per heavy atom. The maximum absolute atomic E-state index is 2.99. The molecule has 0 saturated heterocycles. The van der Waals surface area contributed by atoms with Gasteiger partial charge in [-0.05, 0) is 0 Å². The summed E-state index contributed by atoms with van der Waals surface area (Å²) in [6.07, 6.45) is 20.0. The van der Waals surface area contributed by atoms with Gasteiger partial charge in [0, 0.05) is 0 Å².